The van der Waals surface area contributed by atoms with Crippen LogP contribution in [0.3, 0.4) is 0 Å². The summed E-state index contributed by atoms with van der Waals surface area (Å²) in [6, 6.07) is 11.3. The number of nitrogens with one attached hydrogen (secondary N) is 1. The van der Waals surface area contributed by atoms with Gasteiger partial charge in [-0.25, -0.2) is 0 Å². The lowest BCUT2D eigenvalue weighted by Crippen LogP contribution is -2.06. The summed E-state index contributed by atoms with van der Waals surface area (Å²) < 4.78 is 5.29. The van der Waals surface area contributed by atoms with Gasteiger partial charge in [-0.15, -0.1) is 0 Å². The summed E-state index contributed by atoms with van der Waals surface area (Å²) in [5.74, 6) is 0.614. The van der Waals surface area contributed by atoms with Gasteiger partial charge in [-0.3, -0.25) is 4.79 Å². The highest BCUT2D eigenvalue weighted by Gasteiger charge is 2.11. The number of para-hydroxylation sites is 1. The maximum absolute atomic E-state index is 12.5. The zero-order valence-corrected chi connectivity index (χ0v) is 10.3. The van der Waals surface area contributed by atoms with Crippen molar-refractivity contribution in [3.05, 3.63) is 52.2 Å². The predicted octanol–water partition coefficient (Wildman–Crippen LogP) is 3.00. The third-order valence-electron chi connectivity index (χ3n) is 3.25. The minimum atomic E-state index is 0.0138. The van der Waals surface area contributed by atoms with E-state index < -0.39 is 0 Å². The lowest BCUT2D eigenvalue weighted by atomic mass is 10.1. The second-order valence-electron chi connectivity index (χ2n) is 4.33. The summed E-state index contributed by atoms with van der Waals surface area (Å²) in [4.78, 5) is 15.8. The van der Waals surface area contributed by atoms with Gasteiger partial charge in [0.05, 0.1) is 18.0 Å². The maximum Gasteiger partial charge on any atom is 0.200 e. The first-order valence-corrected chi connectivity index (χ1v) is 5.80. The highest BCUT2D eigenvalue weighted by molar-refractivity contribution is 5.96. The SMILES string of the molecule is COc1ccc(C)c2[nH]c3ccccc3c(=O)c12. The van der Waals surface area contributed by atoms with Crippen LogP contribution in [0.1, 0.15) is 5.56 Å². The van der Waals surface area contributed by atoms with Crippen LogP contribution in [-0.4, -0.2) is 12.1 Å². The van der Waals surface area contributed by atoms with Gasteiger partial charge in [-0.1, -0.05) is 18.2 Å². The zero-order chi connectivity index (χ0) is 12.7. The van der Waals surface area contributed by atoms with Gasteiger partial charge in [0.2, 0.25) is 5.43 Å². The predicted molar refractivity (Wildman–Crippen MR) is 73.4 cm³/mol. The molecule has 1 heterocycles. The van der Waals surface area contributed by atoms with Crippen LogP contribution in [0.25, 0.3) is 21.8 Å². The van der Waals surface area contributed by atoms with E-state index in [0.29, 0.717) is 16.5 Å². The van der Waals surface area contributed by atoms with Crippen molar-refractivity contribution in [2.24, 2.45) is 0 Å². The molecule has 3 rings (SSSR count). The van der Waals surface area contributed by atoms with Crippen molar-refractivity contribution in [2.75, 3.05) is 7.11 Å². The number of methoxy groups -OCH3 is 1. The summed E-state index contributed by atoms with van der Waals surface area (Å²) in [5.41, 5.74) is 2.75. The fraction of sp³-hybridized carbons (Fsp3) is 0.133. The average molecular weight is 239 g/mol. The number of pyridine rings is 1. The van der Waals surface area contributed by atoms with Gasteiger partial charge in [0, 0.05) is 10.9 Å². The summed E-state index contributed by atoms with van der Waals surface area (Å²) in [5, 5.41) is 1.31. The highest BCUT2D eigenvalue weighted by atomic mass is 16.5. The molecule has 18 heavy (non-hydrogen) atoms. The van der Waals surface area contributed by atoms with E-state index in [4.69, 9.17) is 4.74 Å². The number of ether oxygens (including phenoxy) is 1. The molecule has 0 aliphatic heterocycles. The van der Waals surface area contributed by atoms with Crippen LogP contribution >= 0.6 is 0 Å². The minimum absolute atomic E-state index is 0.0138. The second-order valence-corrected chi connectivity index (χ2v) is 4.33. The fourth-order valence-corrected chi connectivity index (χ4v) is 2.30. The second kappa shape index (κ2) is 3.88. The molecule has 0 amide bonds. The van der Waals surface area contributed by atoms with Crippen molar-refractivity contribution in [1.29, 1.82) is 0 Å². The summed E-state index contributed by atoms with van der Waals surface area (Å²) in [6.07, 6.45) is 0. The molecular formula is C15H13NO2. The van der Waals surface area contributed by atoms with Gasteiger partial charge in [0.1, 0.15) is 5.75 Å². The van der Waals surface area contributed by atoms with Crippen LogP contribution in [-0.2, 0) is 0 Å². The Hall–Kier alpha value is -2.29. The Bertz CT molecular complexity index is 803. The Morgan fingerprint density at radius 1 is 1.11 bits per heavy atom. The van der Waals surface area contributed by atoms with Crippen molar-refractivity contribution in [1.82, 2.24) is 4.98 Å². The largest absolute Gasteiger partial charge is 0.496 e. The maximum atomic E-state index is 12.5. The van der Waals surface area contributed by atoms with E-state index in [1.807, 2.05) is 43.3 Å². The molecule has 0 bridgehead atoms. The van der Waals surface area contributed by atoms with Gasteiger partial charge >= 0.3 is 0 Å². The lowest BCUT2D eigenvalue weighted by Gasteiger charge is -2.09. The number of hydrogen-bond donors (Lipinski definition) is 1. The van der Waals surface area contributed by atoms with Gasteiger partial charge in [0.25, 0.3) is 0 Å². The van der Waals surface area contributed by atoms with Gasteiger partial charge < -0.3 is 9.72 Å². The molecule has 0 spiro atoms. The highest BCUT2D eigenvalue weighted by Crippen LogP contribution is 2.25. The summed E-state index contributed by atoms with van der Waals surface area (Å²) >= 11 is 0. The van der Waals surface area contributed by atoms with Crippen LogP contribution in [0, 0.1) is 6.92 Å². The van der Waals surface area contributed by atoms with Gasteiger partial charge in [0.15, 0.2) is 0 Å². The number of H-pyrrole nitrogens is 1. The van der Waals surface area contributed by atoms with E-state index in [9.17, 15) is 4.79 Å². The molecule has 3 nitrogen and oxygen atoms in total. The van der Waals surface area contributed by atoms with Crippen LogP contribution in [0.2, 0.25) is 0 Å². The van der Waals surface area contributed by atoms with Crippen LogP contribution in [0.15, 0.2) is 41.2 Å². The van der Waals surface area contributed by atoms with Crippen molar-refractivity contribution < 1.29 is 4.74 Å². The van der Waals surface area contributed by atoms with Crippen molar-refractivity contribution in [3.8, 4) is 5.75 Å². The fourth-order valence-electron chi connectivity index (χ4n) is 2.30. The average Bonchev–Trinajstić information content (AvgIpc) is 2.40. The zero-order valence-electron chi connectivity index (χ0n) is 10.3. The number of benzene rings is 2. The van der Waals surface area contributed by atoms with Crippen molar-refractivity contribution in [2.45, 2.75) is 6.92 Å². The van der Waals surface area contributed by atoms with Crippen molar-refractivity contribution in [3.63, 3.8) is 0 Å². The number of hydrogen-bond acceptors (Lipinski definition) is 2. The molecule has 0 saturated heterocycles. The summed E-state index contributed by atoms with van der Waals surface area (Å²) in [7, 11) is 1.58. The molecule has 1 aromatic heterocycles. The van der Waals surface area contributed by atoms with Gasteiger partial charge in [-0.05, 0) is 30.7 Å². The number of fused-ring (bicyclic) bond motifs is 2. The lowest BCUT2D eigenvalue weighted by molar-refractivity contribution is 0.419. The van der Waals surface area contributed by atoms with Crippen LogP contribution < -0.4 is 10.2 Å². The Kier molecular flexibility index (Phi) is 2.33. The van der Waals surface area contributed by atoms with Crippen molar-refractivity contribution >= 4 is 21.8 Å². The molecule has 0 fully saturated rings. The van der Waals surface area contributed by atoms with Crippen LogP contribution in [0.4, 0.5) is 0 Å². The number of aryl methyl sites for hydroxylation is 1. The number of aromatic amines is 1. The Labute approximate surface area is 104 Å². The Morgan fingerprint density at radius 2 is 1.89 bits per heavy atom. The molecule has 0 radical (unpaired) electrons. The topological polar surface area (TPSA) is 42.1 Å². The quantitative estimate of drug-likeness (QED) is 0.663. The van der Waals surface area contributed by atoms with Gasteiger partial charge in [-0.2, -0.15) is 0 Å². The minimum Gasteiger partial charge on any atom is -0.496 e. The molecule has 2 aromatic carbocycles. The molecule has 3 aromatic rings. The summed E-state index contributed by atoms with van der Waals surface area (Å²) in [6.45, 7) is 1.98. The molecule has 1 N–H and O–H groups in total. The third kappa shape index (κ3) is 1.40. The first-order valence-electron chi connectivity index (χ1n) is 5.80. The molecule has 0 saturated carbocycles. The molecule has 0 aliphatic rings. The molecule has 90 valence electrons. The van der Waals surface area contributed by atoms with E-state index in [0.717, 1.165) is 16.6 Å². The van der Waals surface area contributed by atoms with Crippen LogP contribution in [0.5, 0.6) is 5.75 Å². The third-order valence-corrected chi connectivity index (χ3v) is 3.25. The number of rotatable bonds is 1. The van der Waals surface area contributed by atoms with E-state index in [-0.39, 0.29) is 5.43 Å². The van der Waals surface area contributed by atoms with E-state index in [1.165, 1.54) is 0 Å². The first-order chi connectivity index (χ1) is 8.72. The van der Waals surface area contributed by atoms with E-state index in [1.54, 1.807) is 7.11 Å². The first kappa shape index (κ1) is 10.8. The number of aromatic nitrogens is 1. The van der Waals surface area contributed by atoms with E-state index >= 15 is 0 Å². The molecule has 0 aliphatic carbocycles. The molecule has 3 heteroatoms. The smallest absolute Gasteiger partial charge is 0.200 e. The monoisotopic (exact) mass is 239 g/mol. The van der Waals surface area contributed by atoms with E-state index in [2.05, 4.69) is 4.98 Å². The Balaban J connectivity index is 2.64. The Morgan fingerprint density at radius 3 is 2.67 bits per heavy atom. The molecule has 0 unspecified atom stereocenters. The molecular weight excluding hydrogens is 226 g/mol. The normalized spacial score (nSPS) is 11.0. The standard InChI is InChI=1S/C15H13NO2/c1-9-7-8-12(18-2)13-14(9)16-11-6-4-3-5-10(11)15(13)17/h3-8H,1-2H3,(H,16,17). The molecule has 0 atom stereocenters.